The molecule has 0 aliphatic heterocycles. The maximum absolute atomic E-state index is 9.90. The Hall–Kier alpha value is -0.940. The average molecular weight is 270 g/mol. The van der Waals surface area contributed by atoms with E-state index in [-0.39, 0.29) is 12.6 Å². The monoisotopic (exact) mass is 270 g/mol. The van der Waals surface area contributed by atoms with Crippen molar-refractivity contribution in [3.8, 4) is 0 Å². The summed E-state index contributed by atoms with van der Waals surface area (Å²) in [6.45, 7) is -1.24. The smallest absolute Gasteiger partial charge is 0.151 e. The van der Waals surface area contributed by atoms with Gasteiger partial charge in [0.1, 0.15) is 30.5 Å². The standard InChI is InChI=1S/C6H12O6.C3H6O3/c7-1-3(9)5(11)6(12)4(10)2-8;4-1-3(6)2-5/h1,3-6,8-12H,2H2;1,3,5-6H,2H2/t3-,4+,5-,6-;/m0./s1. The summed E-state index contributed by atoms with van der Waals surface area (Å²) in [5, 5.41) is 59.4. The normalized spacial score (nSPS) is 18.6. The van der Waals surface area contributed by atoms with Crippen LogP contribution in [0.1, 0.15) is 0 Å². The van der Waals surface area contributed by atoms with Gasteiger partial charge in [0.25, 0.3) is 0 Å². The molecule has 0 amide bonds. The Labute approximate surface area is 103 Å². The summed E-state index contributed by atoms with van der Waals surface area (Å²) in [5.74, 6) is 0. The molecule has 0 spiro atoms. The van der Waals surface area contributed by atoms with Crippen molar-refractivity contribution in [2.24, 2.45) is 0 Å². The number of carbonyl (C=O) groups excluding carboxylic acids is 2. The molecule has 0 aromatic rings. The SMILES string of the molecule is O=CC(O)CO.O=C[C@H](O)[C@H](O)[C@@H](O)[C@H](O)CO. The Morgan fingerprint density at radius 1 is 0.778 bits per heavy atom. The molecule has 0 fully saturated rings. The van der Waals surface area contributed by atoms with E-state index in [1.165, 1.54) is 0 Å². The van der Waals surface area contributed by atoms with Crippen molar-refractivity contribution >= 4 is 12.6 Å². The lowest BCUT2D eigenvalue weighted by atomic mass is 10.0. The molecule has 0 bridgehead atoms. The molecule has 5 atom stereocenters. The van der Waals surface area contributed by atoms with Crippen LogP contribution in [0.25, 0.3) is 0 Å². The second kappa shape index (κ2) is 11.2. The molecule has 0 rings (SSSR count). The first-order valence-corrected chi connectivity index (χ1v) is 4.88. The van der Waals surface area contributed by atoms with E-state index in [0.29, 0.717) is 0 Å². The van der Waals surface area contributed by atoms with Crippen LogP contribution in [0.2, 0.25) is 0 Å². The highest BCUT2D eigenvalue weighted by Crippen LogP contribution is 2.02. The summed E-state index contributed by atoms with van der Waals surface area (Å²) in [7, 11) is 0. The number of aliphatic hydroxyl groups excluding tert-OH is 7. The number of aldehydes is 2. The summed E-state index contributed by atoms with van der Waals surface area (Å²) in [5.41, 5.74) is 0. The van der Waals surface area contributed by atoms with Gasteiger partial charge in [-0.3, -0.25) is 0 Å². The van der Waals surface area contributed by atoms with Crippen LogP contribution in [0.4, 0.5) is 0 Å². The van der Waals surface area contributed by atoms with E-state index < -0.39 is 43.7 Å². The van der Waals surface area contributed by atoms with E-state index in [2.05, 4.69) is 0 Å². The van der Waals surface area contributed by atoms with Crippen LogP contribution in [0.5, 0.6) is 0 Å². The second-order valence-corrected chi connectivity index (χ2v) is 3.24. The lowest BCUT2D eigenvalue weighted by Crippen LogP contribution is -2.46. The highest BCUT2D eigenvalue weighted by atomic mass is 16.4. The predicted octanol–water partition coefficient (Wildman–Crippen LogP) is -4.84. The van der Waals surface area contributed by atoms with E-state index in [9.17, 15) is 9.59 Å². The van der Waals surface area contributed by atoms with E-state index in [1.54, 1.807) is 0 Å². The first-order valence-electron chi connectivity index (χ1n) is 4.88. The molecule has 0 aromatic carbocycles. The van der Waals surface area contributed by atoms with Gasteiger partial charge in [-0.15, -0.1) is 0 Å². The summed E-state index contributed by atoms with van der Waals surface area (Å²) in [6.07, 6.45) is -7.75. The second-order valence-electron chi connectivity index (χ2n) is 3.24. The van der Waals surface area contributed by atoms with Crippen LogP contribution in [-0.4, -0.2) is 92.1 Å². The van der Waals surface area contributed by atoms with Crippen LogP contribution in [0, 0.1) is 0 Å². The van der Waals surface area contributed by atoms with Crippen molar-refractivity contribution in [2.75, 3.05) is 13.2 Å². The van der Waals surface area contributed by atoms with Crippen molar-refractivity contribution in [1.82, 2.24) is 0 Å². The zero-order chi connectivity index (χ0) is 14.7. The maximum atomic E-state index is 9.90. The molecule has 0 aromatic heterocycles. The zero-order valence-electron chi connectivity index (χ0n) is 9.40. The fourth-order valence-electron chi connectivity index (χ4n) is 0.661. The Kier molecular flexibility index (Phi) is 12.0. The van der Waals surface area contributed by atoms with Gasteiger partial charge in [-0.25, -0.2) is 0 Å². The molecule has 9 heteroatoms. The Balaban J connectivity index is 0. The minimum Gasteiger partial charge on any atom is -0.394 e. The molecule has 0 aliphatic carbocycles. The third-order valence-electron chi connectivity index (χ3n) is 1.76. The molecular formula is C9H18O9. The zero-order valence-corrected chi connectivity index (χ0v) is 9.40. The van der Waals surface area contributed by atoms with Crippen molar-refractivity contribution in [3.63, 3.8) is 0 Å². The first-order chi connectivity index (χ1) is 8.35. The third kappa shape index (κ3) is 8.20. The van der Waals surface area contributed by atoms with Crippen molar-refractivity contribution in [1.29, 1.82) is 0 Å². The fraction of sp³-hybridized carbons (Fsp3) is 0.778. The van der Waals surface area contributed by atoms with Gasteiger partial charge >= 0.3 is 0 Å². The molecule has 0 saturated carbocycles. The summed E-state index contributed by atoms with van der Waals surface area (Å²) >= 11 is 0. The quantitative estimate of drug-likeness (QED) is 0.224. The number of carbonyl (C=O) groups is 2. The summed E-state index contributed by atoms with van der Waals surface area (Å²) < 4.78 is 0. The number of rotatable bonds is 7. The van der Waals surface area contributed by atoms with Crippen LogP contribution in [0.15, 0.2) is 0 Å². The molecule has 0 radical (unpaired) electrons. The van der Waals surface area contributed by atoms with Gasteiger partial charge in [0, 0.05) is 0 Å². The summed E-state index contributed by atoms with van der Waals surface area (Å²) in [6, 6.07) is 0. The van der Waals surface area contributed by atoms with Gasteiger partial charge in [-0.1, -0.05) is 0 Å². The predicted molar refractivity (Wildman–Crippen MR) is 56.3 cm³/mol. The minimum atomic E-state index is -1.79. The lowest BCUT2D eigenvalue weighted by molar-refractivity contribution is -0.136. The molecule has 18 heavy (non-hydrogen) atoms. The number of hydrogen-bond donors (Lipinski definition) is 7. The summed E-state index contributed by atoms with van der Waals surface area (Å²) in [4.78, 5) is 19.2. The van der Waals surface area contributed by atoms with Crippen LogP contribution >= 0.6 is 0 Å². The molecule has 1 unspecified atom stereocenters. The van der Waals surface area contributed by atoms with Crippen LogP contribution < -0.4 is 0 Å². The molecule has 0 heterocycles. The molecule has 0 saturated heterocycles. The largest absolute Gasteiger partial charge is 0.394 e. The lowest BCUT2D eigenvalue weighted by Gasteiger charge is -2.22. The Bertz CT molecular complexity index is 222. The van der Waals surface area contributed by atoms with Crippen molar-refractivity contribution < 1.29 is 45.3 Å². The van der Waals surface area contributed by atoms with E-state index in [1.807, 2.05) is 0 Å². The van der Waals surface area contributed by atoms with Gasteiger partial charge < -0.3 is 45.3 Å². The topological polar surface area (TPSA) is 176 Å². The highest BCUT2D eigenvalue weighted by molar-refractivity contribution is 5.56. The number of aliphatic hydroxyl groups is 7. The van der Waals surface area contributed by atoms with Gasteiger partial charge in [-0.2, -0.15) is 0 Å². The first kappa shape index (κ1) is 19.4. The number of hydrogen-bond acceptors (Lipinski definition) is 9. The third-order valence-corrected chi connectivity index (χ3v) is 1.76. The van der Waals surface area contributed by atoms with Gasteiger partial charge in [0.2, 0.25) is 0 Å². The van der Waals surface area contributed by atoms with Crippen molar-refractivity contribution in [3.05, 3.63) is 0 Å². The molecule has 9 nitrogen and oxygen atoms in total. The molecule has 108 valence electrons. The maximum Gasteiger partial charge on any atom is 0.151 e. The van der Waals surface area contributed by atoms with E-state index >= 15 is 0 Å². The Morgan fingerprint density at radius 2 is 1.28 bits per heavy atom. The van der Waals surface area contributed by atoms with Gasteiger partial charge in [0.05, 0.1) is 13.2 Å². The van der Waals surface area contributed by atoms with E-state index in [0.717, 1.165) is 0 Å². The molecular weight excluding hydrogens is 252 g/mol. The van der Waals surface area contributed by atoms with Crippen molar-refractivity contribution in [2.45, 2.75) is 30.5 Å². The Morgan fingerprint density at radius 3 is 1.50 bits per heavy atom. The minimum absolute atomic E-state index is 0.0258. The van der Waals surface area contributed by atoms with Gasteiger partial charge in [0.15, 0.2) is 12.6 Å². The highest BCUT2D eigenvalue weighted by Gasteiger charge is 2.29. The van der Waals surface area contributed by atoms with Crippen LogP contribution in [-0.2, 0) is 9.59 Å². The average Bonchev–Trinajstić information content (AvgIpc) is 2.43. The van der Waals surface area contributed by atoms with Gasteiger partial charge in [-0.05, 0) is 0 Å². The fourth-order valence-corrected chi connectivity index (χ4v) is 0.661. The molecule has 0 aliphatic rings. The van der Waals surface area contributed by atoms with E-state index in [4.69, 9.17) is 35.7 Å². The molecule has 7 N–H and O–H groups in total. The van der Waals surface area contributed by atoms with Crippen LogP contribution in [0.3, 0.4) is 0 Å².